The number of carboxylic acid groups (broad SMARTS) is 1. The molecule has 0 bridgehead atoms. The molecule has 2 heterocycles. The summed E-state index contributed by atoms with van der Waals surface area (Å²) in [6.07, 6.45) is 8.77. The Kier molecular flexibility index (Phi) is 5.07. The summed E-state index contributed by atoms with van der Waals surface area (Å²) in [5, 5.41) is 8.92. The van der Waals surface area contributed by atoms with Crippen molar-refractivity contribution in [2.24, 2.45) is 0 Å². The highest BCUT2D eigenvalue weighted by Crippen LogP contribution is 2.24. The molecular weight excluding hydrogens is 270 g/mol. The second kappa shape index (κ2) is 6.81. The molecule has 2 rings (SSSR count). The van der Waals surface area contributed by atoms with Crippen LogP contribution in [-0.2, 0) is 4.79 Å². The standard InChI is InChI=1S/C15H23N3O3/c1-3-7-17(11-14(19)20)15(21)18-10-13-6-4-5-8-16(13)9-12(18)2/h1,12-13H,4-11H2,2H3,(H,19,20). The Morgan fingerprint density at radius 3 is 2.81 bits per heavy atom. The van der Waals surface area contributed by atoms with E-state index in [2.05, 4.69) is 10.8 Å². The largest absolute Gasteiger partial charge is 0.480 e. The van der Waals surface area contributed by atoms with E-state index in [1.807, 2.05) is 6.92 Å². The van der Waals surface area contributed by atoms with Gasteiger partial charge in [0.25, 0.3) is 0 Å². The number of rotatable bonds is 3. The zero-order chi connectivity index (χ0) is 15.4. The van der Waals surface area contributed by atoms with Gasteiger partial charge in [-0.2, -0.15) is 0 Å². The Bertz CT molecular complexity index is 446. The first-order valence-corrected chi connectivity index (χ1v) is 7.47. The molecule has 0 saturated carbocycles. The van der Waals surface area contributed by atoms with Crippen LogP contribution < -0.4 is 0 Å². The van der Waals surface area contributed by atoms with Crippen molar-refractivity contribution in [3.63, 3.8) is 0 Å². The third kappa shape index (κ3) is 3.67. The van der Waals surface area contributed by atoms with E-state index in [1.165, 1.54) is 17.7 Å². The number of piperazine rings is 1. The van der Waals surface area contributed by atoms with Gasteiger partial charge in [0, 0.05) is 25.2 Å². The molecule has 0 aliphatic carbocycles. The Hall–Kier alpha value is -1.74. The minimum absolute atomic E-state index is 0.0305. The molecule has 0 aromatic carbocycles. The number of hydrogen-bond acceptors (Lipinski definition) is 3. The Morgan fingerprint density at radius 1 is 1.38 bits per heavy atom. The molecule has 2 aliphatic heterocycles. The minimum Gasteiger partial charge on any atom is -0.480 e. The molecule has 0 spiro atoms. The maximum Gasteiger partial charge on any atom is 0.323 e. The van der Waals surface area contributed by atoms with Crippen LogP contribution >= 0.6 is 0 Å². The lowest BCUT2D eigenvalue weighted by Gasteiger charge is -2.48. The van der Waals surface area contributed by atoms with Gasteiger partial charge in [-0.3, -0.25) is 9.69 Å². The van der Waals surface area contributed by atoms with Gasteiger partial charge in [-0.1, -0.05) is 12.3 Å². The van der Waals surface area contributed by atoms with Gasteiger partial charge in [-0.05, 0) is 26.3 Å². The van der Waals surface area contributed by atoms with E-state index in [9.17, 15) is 9.59 Å². The van der Waals surface area contributed by atoms with Crippen LogP contribution in [0.15, 0.2) is 0 Å². The fourth-order valence-corrected chi connectivity index (χ4v) is 3.26. The minimum atomic E-state index is -1.04. The van der Waals surface area contributed by atoms with Crippen LogP contribution in [0.3, 0.4) is 0 Å². The zero-order valence-corrected chi connectivity index (χ0v) is 12.5. The number of terminal acetylenes is 1. The van der Waals surface area contributed by atoms with Gasteiger partial charge in [0.2, 0.25) is 0 Å². The van der Waals surface area contributed by atoms with Crippen molar-refractivity contribution in [1.29, 1.82) is 0 Å². The van der Waals surface area contributed by atoms with Crippen LogP contribution in [-0.4, -0.2) is 76.6 Å². The molecule has 2 atom stereocenters. The van der Waals surface area contributed by atoms with Gasteiger partial charge in [-0.25, -0.2) is 4.79 Å². The summed E-state index contributed by atoms with van der Waals surface area (Å²) < 4.78 is 0. The molecule has 2 amide bonds. The predicted molar refractivity (Wildman–Crippen MR) is 78.8 cm³/mol. The molecular formula is C15H23N3O3. The normalized spacial score (nSPS) is 25.8. The van der Waals surface area contributed by atoms with Crippen LogP contribution in [0.2, 0.25) is 0 Å². The van der Waals surface area contributed by atoms with Gasteiger partial charge < -0.3 is 14.9 Å². The van der Waals surface area contributed by atoms with Crippen molar-refractivity contribution in [2.45, 2.75) is 38.3 Å². The first-order chi connectivity index (χ1) is 10.0. The SMILES string of the molecule is C#CCN(CC(=O)O)C(=O)N1CC2CCCCN2CC1C. The lowest BCUT2D eigenvalue weighted by molar-refractivity contribution is -0.137. The smallest absolute Gasteiger partial charge is 0.323 e. The Labute approximate surface area is 125 Å². The molecule has 2 aliphatic rings. The van der Waals surface area contributed by atoms with Crippen LogP contribution in [0.5, 0.6) is 0 Å². The van der Waals surface area contributed by atoms with Crippen molar-refractivity contribution >= 4 is 12.0 Å². The highest BCUT2D eigenvalue weighted by atomic mass is 16.4. The van der Waals surface area contributed by atoms with Gasteiger partial charge in [0.05, 0.1) is 6.54 Å². The summed E-state index contributed by atoms with van der Waals surface area (Å²) in [4.78, 5) is 28.9. The molecule has 0 aromatic heterocycles. The van der Waals surface area contributed by atoms with Crippen LogP contribution in [0.4, 0.5) is 4.79 Å². The summed E-state index contributed by atoms with van der Waals surface area (Å²) >= 11 is 0. The lowest BCUT2D eigenvalue weighted by Crippen LogP contribution is -2.62. The van der Waals surface area contributed by atoms with Crippen LogP contribution in [0, 0.1) is 12.3 Å². The Morgan fingerprint density at radius 2 is 2.14 bits per heavy atom. The summed E-state index contributed by atoms with van der Waals surface area (Å²) in [7, 11) is 0. The van der Waals surface area contributed by atoms with Gasteiger partial charge in [0.1, 0.15) is 6.54 Å². The molecule has 6 heteroatoms. The van der Waals surface area contributed by atoms with Crippen LogP contribution in [0.25, 0.3) is 0 Å². The quantitative estimate of drug-likeness (QED) is 0.777. The van der Waals surface area contributed by atoms with Gasteiger partial charge >= 0.3 is 12.0 Å². The molecule has 2 saturated heterocycles. The molecule has 2 fully saturated rings. The lowest BCUT2D eigenvalue weighted by atomic mass is 9.97. The number of hydrogen-bond donors (Lipinski definition) is 1. The number of carboxylic acids is 1. The second-order valence-corrected chi connectivity index (χ2v) is 5.88. The first-order valence-electron chi connectivity index (χ1n) is 7.47. The van der Waals surface area contributed by atoms with Crippen LogP contribution in [0.1, 0.15) is 26.2 Å². The van der Waals surface area contributed by atoms with Crippen molar-refractivity contribution in [3.8, 4) is 12.3 Å². The number of fused-ring (bicyclic) bond motifs is 1. The zero-order valence-electron chi connectivity index (χ0n) is 12.5. The Balaban J connectivity index is 2.05. The number of urea groups is 1. The molecule has 1 N–H and O–H groups in total. The number of carbonyl (C=O) groups excluding carboxylic acids is 1. The highest BCUT2D eigenvalue weighted by Gasteiger charge is 2.36. The summed E-state index contributed by atoms with van der Waals surface area (Å²) in [6, 6.07) is 0.227. The number of nitrogens with zero attached hydrogens (tertiary/aromatic N) is 3. The molecule has 6 nitrogen and oxygen atoms in total. The highest BCUT2D eigenvalue weighted by molar-refractivity contribution is 5.80. The van der Waals surface area contributed by atoms with E-state index in [-0.39, 0.29) is 25.2 Å². The monoisotopic (exact) mass is 293 g/mol. The number of amides is 2. The third-order valence-corrected chi connectivity index (χ3v) is 4.31. The average molecular weight is 293 g/mol. The van der Waals surface area contributed by atoms with E-state index >= 15 is 0 Å². The maximum atomic E-state index is 12.6. The average Bonchev–Trinajstić information content (AvgIpc) is 2.45. The first kappa shape index (κ1) is 15.6. The maximum absolute atomic E-state index is 12.6. The fraction of sp³-hybridized carbons (Fsp3) is 0.733. The number of piperidine rings is 1. The van der Waals surface area contributed by atoms with E-state index in [0.717, 1.165) is 19.5 Å². The third-order valence-electron chi connectivity index (χ3n) is 4.31. The molecule has 0 radical (unpaired) electrons. The van der Waals surface area contributed by atoms with Crippen molar-refractivity contribution in [3.05, 3.63) is 0 Å². The molecule has 21 heavy (non-hydrogen) atoms. The number of aliphatic carboxylic acids is 1. The molecule has 0 aromatic rings. The molecule has 116 valence electrons. The van der Waals surface area contributed by atoms with Gasteiger partial charge in [0.15, 0.2) is 0 Å². The fourth-order valence-electron chi connectivity index (χ4n) is 3.26. The summed E-state index contributed by atoms with van der Waals surface area (Å²) in [6.45, 7) is 4.31. The van der Waals surface area contributed by atoms with Crippen molar-refractivity contribution in [2.75, 3.05) is 32.7 Å². The van der Waals surface area contributed by atoms with Crippen molar-refractivity contribution < 1.29 is 14.7 Å². The van der Waals surface area contributed by atoms with Crippen molar-refractivity contribution in [1.82, 2.24) is 14.7 Å². The summed E-state index contributed by atoms with van der Waals surface area (Å²) in [5.41, 5.74) is 0. The van der Waals surface area contributed by atoms with E-state index in [1.54, 1.807) is 4.90 Å². The molecule has 2 unspecified atom stereocenters. The second-order valence-electron chi connectivity index (χ2n) is 5.88. The number of carbonyl (C=O) groups is 2. The van der Waals surface area contributed by atoms with E-state index in [4.69, 9.17) is 11.5 Å². The van der Waals surface area contributed by atoms with E-state index < -0.39 is 5.97 Å². The predicted octanol–water partition coefficient (Wildman–Crippen LogP) is 0.685. The topological polar surface area (TPSA) is 64.1 Å². The van der Waals surface area contributed by atoms with E-state index in [0.29, 0.717) is 12.6 Å². The van der Waals surface area contributed by atoms with Gasteiger partial charge in [-0.15, -0.1) is 6.42 Å². The summed E-state index contributed by atoms with van der Waals surface area (Å²) in [5.74, 6) is 1.33.